The van der Waals surface area contributed by atoms with Crippen molar-refractivity contribution < 1.29 is 9.50 Å². The average Bonchev–Trinajstić information content (AvgIpc) is 3.10. The highest BCUT2D eigenvalue weighted by atomic mass is 19.1. The van der Waals surface area contributed by atoms with E-state index in [1.165, 1.54) is 25.1 Å². The van der Waals surface area contributed by atoms with E-state index >= 15 is 0 Å². The van der Waals surface area contributed by atoms with Crippen molar-refractivity contribution in [1.82, 2.24) is 4.98 Å². The molecule has 0 radical (unpaired) electrons. The minimum Gasteiger partial charge on any atom is -0.392 e. The first kappa shape index (κ1) is 11.3. The van der Waals surface area contributed by atoms with Gasteiger partial charge in [0.25, 0.3) is 0 Å². The molecule has 0 aromatic carbocycles. The molecule has 1 N–H and O–H groups in total. The number of hydrogen-bond acceptors (Lipinski definition) is 3. The molecule has 16 heavy (non-hydrogen) atoms. The van der Waals surface area contributed by atoms with Crippen LogP contribution < -0.4 is 4.90 Å². The molecule has 1 aliphatic rings. The fourth-order valence-electron chi connectivity index (χ4n) is 1.85. The van der Waals surface area contributed by atoms with Crippen LogP contribution in [-0.4, -0.2) is 23.2 Å². The Bertz CT molecular complexity index is 366. The van der Waals surface area contributed by atoms with Crippen molar-refractivity contribution in [3.63, 3.8) is 0 Å². The van der Waals surface area contributed by atoms with E-state index in [4.69, 9.17) is 0 Å². The topological polar surface area (TPSA) is 36.4 Å². The lowest BCUT2D eigenvalue weighted by atomic mass is 10.2. The van der Waals surface area contributed by atoms with Crippen LogP contribution >= 0.6 is 0 Å². The molecule has 1 aliphatic carbocycles. The van der Waals surface area contributed by atoms with E-state index in [1.807, 2.05) is 0 Å². The van der Waals surface area contributed by atoms with Gasteiger partial charge in [-0.1, -0.05) is 0 Å². The van der Waals surface area contributed by atoms with Crippen LogP contribution in [0.2, 0.25) is 0 Å². The Labute approximate surface area is 94.9 Å². The van der Waals surface area contributed by atoms with Gasteiger partial charge < -0.3 is 10.0 Å². The second-order valence-electron chi connectivity index (χ2n) is 4.28. The smallest absolute Gasteiger partial charge is 0.142 e. The van der Waals surface area contributed by atoms with Gasteiger partial charge in [0, 0.05) is 18.7 Å². The first-order valence-corrected chi connectivity index (χ1v) is 5.74. The number of aromatic nitrogens is 1. The number of nitrogens with zero attached hydrogens (tertiary/aromatic N) is 2. The summed E-state index contributed by atoms with van der Waals surface area (Å²) >= 11 is 0. The van der Waals surface area contributed by atoms with Gasteiger partial charge in [0.15, 0.2) is 0 Å². The molecule has 4 heteroatoms. The number of aliphatic hydroxyl groups is 1. The maximum atomic E-state index is 13.0. The quantitative estimate of drug-likeness (QED) is 0.830. The molecule has 0 unspecified atom stereocenters. The maximum absolute atomic E-state index is 13.0. The maximum Gasteiger partial charge on any atom is 0.142 e. The van der Waals surface area contributed by atoms with E-state index in [0.717, 1.165) is 24.8 Å². The van der Waals surface area contributed by atoms with Crippen LogP contribution in [0.25, 0.3) is 0 Å². The van der Waals surface area contributed by atoms with Crippen molar-refractivity contribution in [3.8, 4) is 0 Å². The lowest BCUT2D eigenvalue weighted by Gasteiger charge is -2.23. The molecule has 1 aromatic rings. The summed E-state index contributed by atoms with van der Waals surface area (Å²) in [6.07, 6.45) is 3.75. The molecule has 0 spiro atoms. The Hall–Kier alpha value is -1.16. The van der Waals surface area contributed by atoms with E-state index in [-0.39, 0.29) is 6.61 Å². The zero-order valence-corrected chi connectivity index (χ0v) is 9.49. The zero-order valence-electron chi connectivity index (χ0n) is 9.49. The van der Waals surface area contributed by atoms with Crippen LogP contribution in [0.3, 0.4) is 0 Å². The highest BCUT2D eigenvalue weighted by molar-refractivity contribution is 5.46. The summed E-state index contributed by atoms with van der Waals surface area (Å²) in [6.45, 7) is 3.68. The fourth-order valence-corrected chi connectivity index (χ4v) is 1.85. The monoisotopic (exact) mass is 224 g/mol. The summed E-state index contributed by atoms with van der Waals surface area (Å²) in [5.74, 6) is 1.08. The first-order chi connectivity index (χ1) is 7.74. The standard InChI is InChI=1S/C12H17FN2O/c1-2-15(7-9-3-4-9)12-10(8-16)5-11(13)6-14-12/h5-6,9,16H,2-4,7-8H2,1H3. The molecule has 88 valence electrons. The third-order valence-corrected chi connectivity index (χ3v) is 2.94. The van der Waals surface area contributed by atoms with Crippen LogP contribution in [0.15, 0.2) is 12.3 Å². The van der Waals surface area contributed by atoms with Crippen LogP contribution in [0, 0.1) is 11.7 Å². The number of pyridine rings is 1. The van der Waals surface area contributed by atoms with Gasteiger partial charge >= 0.3 is 0 Å². The van der Waals surface area contributed by atoms with E-state index in [0.29, 0.717) is 5.56 Å². The molecule has 0 atom stereocenters. The van der Waals surface area contributed by atoms with Crippen molar-refractivity contribution >= 4 is 5.82 Å². The van der Waals surface area contributed by atoms with Crippen molar-refractivity contribution in [3.05, 3.63) is 23.6 Å². The van der Waals surface area contributed by atoms with Gasteiger partial charge in [-0.25, -0.2) is 9.37 Å². The molecule has 0 bridgehead atoms. The Balaban J connectivity index is 2.21. The number of halogens is 1. The highest BCUT2D eigenvalue weighted by Crippen LogP contribution is 2.31. The van der Waals surface area contributed by atoms with Crippen LogP contribution in [0.4, 0.5) is 10.2 Å². The average molecular weight is 224 g/mol. The molecular weight excluding hydrogens is 207 g/mol. The normalized spacial score (nSPS) is 15.2. The molecule has 1 saturated carbocycles. The predicted molar refractivity (Wildman–Crippen MR) is 60.7 cm³/mol. The Kier molecular flexibility index (Phi) is 3.39. The Morgan fingerprint density at radius 2 is 2.31 bits per heavy atom. The van der Waals surface area contributed by atoms with Gasteiger partial charge in [0.1, 0.15) is 11.6 Å². The molecule has 1 heterocycles. The van der Waals surface area contributed by atoms with Gasteiger partial charge in [0.05, 0.1) is 12.8 Å². The van der Waals surface area contributed by atoms with Crippen molar-refractivity contribution in [2.75, 3.05) is 18.0 Å². The van der Waals surface area contributed by atoms with Gasteiger partial charge in [-0.3, -0.25) is 0 Å². The van der Waals surface area contributed by atoms with Crippen molar-refractivity contribution in [1.29, 1.82) is 0 Å². The number of aliphatic hydroxyl groups excluding tert-OH is 1. The zero-order chi connectivity index (χ0) is 11.5. The van der Waals surface area contributed by atoms with E-state index in [2.05, 4.69) is 16.8 Å². The minimum atomic E-state index is -0.393. The first-order valence-electron chi connectivity index (χ1n) is 5.74. The van der Waals surface area contributed by atoms with Gasteiger partial charge in [-0.15, -0.1) is 0 Å². The lowest BCUT2D eigenvalue weighted by Crippen LogP contribution is -2.27. The van der Waals surface area contributed by atoms with Crippen molar-refractivity contribution in [2.24, 2.45) is 5.92 Å². The summed E-state index contributed by atoms with van der Waals surface area (Å²) in [7, 11) is 0. The van der Waals surface area contributed by atoms with E-state index < -0.39 is 5.82 Å². The molecule has 1 fully saturated rings. The molecule has 0 amide bonds. The van der Waals surface area contributed by atoms with Crippen LogP contribution in [0.5, 0.6) is 0 Å². The van der Waals surface area contributed by atoms with Gasteiger partial charge in [-0.05, 0) is 31.7 Å². The van der Waals surface area contributed by atoms with Crippen molar-refractivity contribution in [2.45, 2.75) is 26.4 Å². The number of anilines is 1. The molecule has 0 aliphatic heterocycles. The Morgan fingerprint density at radius 3 is 2.88 bits per heavy atom. The summed E-state index contributed by atoms with van der Waals surface area (Å²) in [6, 6.07) is 1.36. The summed E-state index contributed by atoms with van der Waals surface area (Å²) in [5.41, 5.74) is 0.572. The van der Waals surface area contributed by atoms with E-state index in [1.54, 1.807) is 0 Å². The predicted octanol–water partition coefficient (Wildman–Crippen LogP) is 1.95. The number of hydrogen-bond donors (Lipinski definition) is 1. The largest absolute Gasteiger partial charge is 0.392 e. The minimum absolute atomic E-state index is 0.165. The Morgan fingerprint density at radius 1 is 1.56 bits per heavy atom. The molecule has 2 rings (SSSR count). The third kappa shape index (κ3) is 2.50. The molecule has 1 aromatic heterocycles. The lowest BCUT2D eigenvalue weighted by molar-refractivity contribution is 0.281. The summed E-state index contributed by atoms with van der Waals surface area (Å²) in [4.78, 5) is 6.21. The molecule has 3 nitrogen and oxygen atoms in total. The fraction of sp³-hybridized carbons (Fsp3) is 0.583. The SMILES string of the molecule is CCN(CC1CC1)c1ncc(F)cc1CO. The summed E-state index contributed by atoms with van der Waals surface area (Å²) < 4.78 is 13.0. The van der Waals surface area contributed by atoms with E-state index in [9.17, 15) is 9.50 Å². The second kappa shape index (κ2) is 4.78. The number of rotatable bonds is 5. The summed E-state index contributed by atoms with van der Waals surface area (Å²) in [5, 5.41) is 9.20. The molecule has 0 saturated heterocycles. The molecular formula is C12H17FN2O. The van der Waals surface area contributed by atoms with Gasteiger partial charge in [0.2, 0.25) is 0 Å². The van der Waals surface area contributed by atoms with Crippen LogP contribution in [0.1, 0.15) is 25.3 Å². The van der Waals surface area contributed by atoms with Gasteiger partial charge in [-0.2, -0.15) is 0 Å². The van der Waals surface area contributed by atoms with Crippen LogP contribution in [-0.2, 0) is 6.61 Å². The third-order valence-electron chi connectivity index (χ3n) is 2.94. The highest BCUT2D eigenvalue weighted by Gasteiger charge is 2.25. The second-order valence-corrected chi connectivity index (χ2v) is 4.28.